The highest BCUT2D eigenvalue weighted by molar-refractivity contribution is 5.85. The molecule has 118 valence electrons. The lowest BCUT2D eigenvalue weighted by molar-refractivity contribution is -0.143. The molecule has 0 spiro atoms. The number of carbonyl (C=O) groups excluding carboxylic acids is 2. The molecule has 1 amide bonds. The molecule has 0 aromatic carbocycles. The fourth-order valence-corrected chi connectivity index (χ4v) is 2.14. The average molecular weight is 309 g/mol. The van der Waals surface area contributed by atoms with E-state index in [9.17, 15) is 9.59 Å². The van der Waals surface area contributed by atoms with Crippen molar-refractivity contribution >= 4 is 24.3 Å². The molecule has 1 heterocycles. The Morgan fingerprint density at radius 2 is 2.00 bits per heavy atom. The Kier molecular flexibility index (Phi) is 9.54. The molecule has 0 atom stereocenters. The second kappa shape index (κ2) is 9.96. The molecule has 1 saturated heterocycles. The van der Waals surface area contributed by atoms with Crippen LogP contribution in [0.1, 0.15) is 32.6 Å². The lowest BCUT2D eigenvalue weighted by atomic mass is 9.79. The van der Waals surface area contributed by atoms with Crippen molar-refractivity contribution in [1.29, 1.82) is 0 Å². The minimum atomic E-state index is -0.498. The summed E-state index contributed by atoms with van der Waals surface area (Å²) in [6.45, 7) is 4.12. The van der Waals surface area contributed by atoms with E-state index in [0.717, 1.165) is 0 Å². The Labute approximate surface area is 126 Å². The topological polar surface area (TPSA) is 90.7 Å². The van der Waals surface area contributed by atoms with Gasteiger partial charge < -0.3 is 20.5 Å². The van der Waals surface area contributed by atoms with Gasteiger partial charge in [-0.25, -0.2) is 0 Å². The van der Waals surface area contributed by atoms with Gasteiger partial charge >= 0.3 is 5.97 Å². The number of esters is 1. The smallest absolute Gasteiger partial charge is 0.305 e. The van der Waals surface area contributed by atoms with Crippen LogP contribution in [0.3, 0.4) is 0 Å². The zero-order valence-electron chi connectivity index (χ0n) is 12.0. The summed E-state index contributed by atoms with van der Waals surface area (Å²) >= 11 is 0. The van der Waals surface area contributed by atoms with Crippen molar-refractivity contribution in [2.45, 2.75) is 32.6 Å². The third-order valence-electron chi connectivity index (χ3n) is 3.47. The van der Waals surface area contributed by atoms with Crippen molar-refractivity contribution in [3.63, 3.8) is 0 Å². The molecule has 1 aliphatic rings. The van der Waals surface area contributed by atoms with E-state index >= 15 is 0 Å². The number of nitrogens with one attached hydrogen (secondary N) is 1. The summed E-state index contributed by atoms with van der Waals surface area (Å²) in [4.78, 5) is 23.3. The number of hydrogen-bond acceptors (Lipinski definition) is 5. The lowest BCUT2D eigenvalue weighted by Crippen LogP contribution is -2.49. The van der Waals surface area contributed by atoms with E-state index in [0.29, 0.717) is 58.6 Å². The fraction of sp³-hybridized carbons (Fsp3) is 0.846. The van der Waals surface area contributed by atoms with E-state index < -0.39 is 5.41 Å². The van der Waals surface area contributed by atoms with Crippen LogP contribution in [0, 0.1) is 5.41 Å². The van der Waals surface area contributed by atoms with Crippen LogP contribution in [0.5, 0.6) is 0 Å². The third kappa shape index (κ3) is 5.64. The average Bonchev–Trinajstić information content (AvgIpc) is 2.44. The lowest BCUT2D eigenvalue weighted by Gasteiger charge is -2.34. The van der Waals surface area contributed by atoms with Gasteiger partial charge in [0.15, 0.2) is 0 Å². The summed E-state index contributed by atoms with van der Waals surface area (Å²) in [6, 6.07) is 0. The molecule has 0 bridgehead atoms. The van der Waals surface area contributed by atoms with E-state index in [2.05, 4.69) is 5.32 Å². The van der Waals surface area contributed by atoms with Crippen molar-refractivity contribution in [2.24, 2.45) is 11.1 Å². The Hall–Kier alpha value is -0.850. The van der Waals surface area contributed by atoms with E-state index in [-0.39, 0.29) is 24.3 Å². The van der Waals surface area contributed by atoms with Crippen LogP contribution in [0.15, 0.2) is 0 Å². The molecule has 0 unspecified atom stereocenters. The molecule has 6 nitrogen and oxygen atoms in total. The molecule has 20 heavy (non-hydrogen) atoms. The van der Waals surface area contributed by atoms with Gasteiger partial charge in [0.2, 0.25) is 5.91 Å². The van der Waals surface area contributed by atoms with Crippen LogP contribution in [0.4, 0.5) is 0 Å². The number of rotatable bonds is 7. The van der Waals surface area contributed by atoms with Gasteiger partial charge in [0.25, 0.3) is 0 Å². The second-order valence-corrected chi connectivity index (χ2v) is 4.76. The third-order valence-corrected chi connectivity index (χ3v) is 3.47. The molecule has 1 fully saturated rings. The molecule has 0 aromatic heterocycles. The van der Waals surface area contributed by atoms with Crippen molar-refractivity contribution < 1.29 is 19.1 Å². The maximum Gasteiger partial charge on any atom is 0.305 e. The number of carbonyl (C=O) groups is 2. The molecule has 0 saturated carbocycles. The molecular weight excluding hydrogens is 284 g/mol. The Balaban J connectivity index is 0.00000361. The van der Waals surface area contributed by atoms with Crippen molar-refractivity contribution in [2.75, 3.05) is 32.9 Å². The number of amides is 1. The molecule has 0 radical (unpaired) electrons. The summed E-state index contributed by atoms with van der Waals surface area (Å²) in [5.41, 5.74) is 5.24. The van der Waals surface area contributed by atoms with Crippen molar-refractivity contribution in [3.8, 4) is 0 Å². The largest absolute Gasteiger partial charge is 0.466 e. The van der Waals surface area contributed by atoms with E-state index in [1.165, 1.54) is 0 Å². The number of nitrogens with two attached hydrogens (primary N) is 1. The quantitative estimate of drug-likeness (QED) is 0.531. The molecule has 0 aromatic rings. The molecule has 1 rings (SSSR count). The predicted octanol–water partition coefficient (Wildman–Crippen LogP) is 0.623. The molecular formula is C13H25ClN2O4. The zero-order chi connectivity index (χ0) is 14.1. The maximum atomic E-state index is 12.2. The predicted molar refractivity (Wildman–Crippen MR) is 77.7 cm³/mol. The Morgan fingerprint density at radius 1 is 1.35 bits per heavy atom. The molecule has 1 aliphatic heterocycles. The van der Waals surface area contributed by atoms with Crippen LogP contribution in [0.2, 0.25) is 0 Å². The van der Waals surface area contributed by atoms with Gasteiger partial charge in [-0.15, -0.1) is 12.4 Å². The van der Waals surface area contributed by atoms with Gasteiger partial charge in [-0.1, -0.05) is 0 Å². The summed E-state index contributed by atoms with van der Waals surface area (Å²) in [5.74, 6) is -0.251. The minimum Gasteiger partial charge on any atom is -0.466 e. The van der Waals surface area contributed by atoms with Crippen molar-refractivity contribution in [3.05, 3.63) is 0 Å². The van der Waals surface area contributed by atoms with Crippen LogP contribution >= 0.6 is 12.4 Å². The molecule has 3 N–H and O–H groups in total. The molecule has 7 heteroatoms. The highest BCUT2D eigenvalue weighted by Crippen LogP contribution is 2.29. The number of halogens is 1. The summed E-state index contributed by atoms with van der Waals surface area (Å²) in [6.07, 6.45) is 2.23. The van der Waals surface area contributed by atoms with Crippen LogP contribution in [-0.4, -0.2) is 44.8 Å². The number of ether oxygens (including phenoxy) is 2. The summed E-state index contributed by atoms with van der Waals surface area (Å²) in [7, 11) is 0. The van der Waals surface area contributed by atoms with Crippen molar-refractivity contribution in [1.82, 2.24) is 5.32 Å². The van der Waals surface area contributed by atoms with E-state index in [1.54, 1.807) is 6.92 Å². The van der Waals surface area contributed by atoms with Gasteiger partial charge in [-0.3, -0.25) is 9.59 Å². The highest BCUT2D eigenvalue weighted by Gasteiger charge is 2.38. The van der Waals surface area contributed by atoms with Gasteiger partial charge in [0, 0.05) is 32.7 Å². The minimum absolute atomic E-state index is 0. The first-order valence-electron chi connectivity index (χ1n) is 6.86. The van der Waals surface area contributed by atoms with E-state index in [1.807, 2.05) is 0 Å². The first-order chi connectivity index (χ1) is 9.14. The fourth-order valence-electron chi connectivity index (χ4n) is 2.14. The highest BCUT2D eigenvalue weighted by atomic mass is 35.5. The second-order valence-electron chi connectivity index (χ2n) is 4.76. The monoisotopic (exact) mass is 308 g/mol. The summed E-state index contributed by atoms with van der Waals surface area (Å²) in [5, 5.41) is 2.86. The Morgan fingerprint density at radius 3 is 2.55 bits per heavy atom. The van der Waals surface area contributed by atoms with Gasteiger partial charge in [0.05, 0.1) is 12.0 Å². The van der Waals surface area contributed by atoms with Crippen LogP contribution in [0.25, 0.3) is 0 Å². The Bertz CT molecular complexity index is 307. The molecule has 0 aliphatic carbocycles. The van der Waals surface area contributed by atoms with Gasteiger partial charge in [0.1, 0.15) is 0 Å². The standard InChI is InChI=1S/C13H24N2O4.ClH/c1-2-19-11(16)4-3-7-15-12(17)13(10-14)5-8-18-9-6-13;/h2-10,14H2,1H3,(H,15,17);1H. The van der Waals surface area contributed by atoms with Gasteiger partial charge in [-0.05, 0) is 26.2 Å². The SMILES string of the molecule is CCOC(=O)CCCNC(=O)C1(CN)CCOCC1.Cl. The summed E-state index contributed by atoms with van der Waals surface area (Å²) < 4.78 is 10.1. The first kappa shape index (κ1) is 19.1. The zero-order valence-corrected chi connectivity index (χ0v) is 12.8. The normalized spacial score (nSPS) is 16.9. The van der Waals surface area contributed by atoms with Crippen LogP contribution < -0.4 is 11.1 Å². The van der Waals surface area contributed by atoms with Crippen LogP contribution in [-0.2, 0) is 19.1 Å². The number of hydrogen-bond donors (Lipinski definition) is 2. The first-order valence-corrected chi connectivity index (χ1v) is 6.86. The maximum absolute atomic E-state index is 12.2. The van der Waals surface area contributed by atoms with E-state index in [4.69, 9.17) is 15.2 Å². The van der Waals surface area contributed by atoms with Gasteiger partial charge in [-0.2, -0.15) is 0 Å².